The molecule has 22 heavy (non-hydrogen) atoms. The second-order valence-electron chi connectivity index (χ2n) is 4.66. The number of hydrogen-bond acceptors (Lipinski definition) is 5. The molecule has 0 unspecified atom stereocenters. The Bertz CT molecular complexity index is 986. The minimum Gasteiger partial charge on any atom is -0.282 e. The smallest absolute Gasteiger partial charge is 0.235 e. The average molecular weight is 351 g/mol. The van der Waals surface area contributed by atoms with Gasteiger partial charge in [-0.05, 0) is 25.1 Å². The number of aryl methyl sites for hydroxylation is 1. The Hall–Kier alpha value is -1.96. The molecule has 0 aliphatic carbocycles. The molecular formula is C13H8Cl2N6S. The van der Waals surface area contributed by atoms with Gasteiger partial charge in [0.1, 0.15) is 0 Å². The van der Waals surface area contributed by atoms with Gasteiger partial charge in [-0.1, -0.05) is 34.5 Å². The number of benzene rings is 1. The van der Waals surface area contributed by atoms with Gasteiger partial charge in [-0.25, -0.2) is 0 Å². The predicted octanol–water partition coefficient (Wildman–Crippen LogP) is 3.86. The summed E-state index contributed by atoms with van der Waals surface area (Å²) >= 11 is 13.7. The molecule has 1 N–H and O–H groups in total. The lowest BCUT2D eigenvalue weighted by Gasteiger charge is -2.01. The van der Waals surface area contributed by atoms with E-state index < -0.39 is 0 Å². The van der Waals surface area contributed by atoms with Crippen LogP contribution < -0.4 is 0 Å². The van der Waals surface area contributed by atoms with Crippen LogP contribution in [0.25, 0.3) is 26.9 Å². The lowest BCUT2D eigenvalue weighted by atomic mass is 10.2. The number of rotatable bonds is 2. The second-order valence-corrected chi connectivity index (χ2v) is 6.46. The van der Waals surface area contributed by atoms with E-state index >= 15 is 0 Å². The van der Waals surface area contributed by atoms with E-state index in [1.54, 1.807) is 28.9 Å². The summed E-state index contributed by atoms with van der Waals surface area (Å²) in [4.78, 5) is 0.682. The van der Waals surface area contributed by atoms with Crippen molar-refractivity contribution in [2.45, 2.75) is 6.92 Å². The standard InChI is InChI=1S/C13H8Cl2N6S/c1-6-9(5-16-17-6)12-20-21-11(18-19-13(21)22-12)8-4-7(14)2-3-10(8)15/h2-5H,1H3,(H,16,17). The van der Waals surface area contributed by atoms with Crippen molar-refractivity contribution >= 4 is 39.5 Å². The molecule has 0 bridgehead atoms. The van der Waals surface area contributed by atoms with Gasteiger partial charge in [0.15, 0.2) is 10.8 Å². The molecule has 0 aliphatic rings. The third-order valence-electron chi connectivity index (χ3n) is 3.22. The molecule has 0 amide bonds. The van der Waals surface area contributed by atoms with Crippen molar-refractivity contribution in [1.82, 2.24) is 30.0 Å². The van der Waals surface area contributed by atoms with Crippen molar-refractivity contribution < 1.29 is 0 Å². The SMILES string of the molecule is Cc1[nH]ncc1-c1nn2c(-c3cc(Cl)ccc3Cl)nnc2s1. The molecule has 1 aromatic carbocycles. The van der Waals surface area contributed by atoms with Gasteiger partial charge in [0.2, 0.25) is 4.96 Å². The monoisotopic (exact) mass is 350 g/mol. The average Bonchev–Trinajstić information content (AvgIpc) is 3.16. The van der Waals surface area contributed by atoms with Crippen LogP contribution in [-0.2, 0) is 0 Å². The fourth-order valence-corrected chi connectivity index (χ4v) is 3.41. The van der Waals surface area contributed by atoms with Crippen LogP contribution in [0.1, 0.15) is 5.69 Å². The Kier molecular flexibility index (Phi) is 3.14. The highest BCUT2D eigenvalue weighted by molar-refractivity contribution is 7.19. The summed E-state index contributed by atoms with van der Waals surface area (Å²) in [5.41, 5.74) is 2.59. The summed E-state index contributed by atoms with van der Waals surface area (Å²) in [5.74, 6) is 0.561. The van der Waals surface area contributed by atoms with Gasteiger partial charge < -0.3 is 0 Å². The molecule has 0 aliphatic heterocycles. The van der Waals surface area contributed by atoms with Crippen LogP contribution in [0.5, 0.6) is 0 Å². The largest absolute Gasteiger partial charge is 0.282 e. The fourth-order valence-electron chi connectivity index (χ4n) is 2.13. The van der Waals surface area contributed by atoms with Gasteiger partial charge in [0.05, 0.1) is 16.8 Å². The van der Waals surface area contributed by atoms with Crippen LogP contribution in [0, 0.1) is 6.92 Å². The predicted molar refractivity (Wildman–Crippen MR) is 86.4 cm³/mol. The number of fused-ring (bicyclic) bond motifs is 1. The van der Waals surface area contributed by atoms with Gasteiger partial charge in [-0.15, -0.1) is 10.2 Å². The van der Waals surface area contributed by atoms with Crippen molar-refractivity contribution in [3.63, 3.8) is 0 Å². The number of H-pyrrole nitrogens is 1. The molecule has 4 aromatic rings. The van der Waals surface area contributed by atoms with Gasteiger partial charge in [0.25, 0.3) is 0 Å². The first kappa shape index (κ1) is 13.7. The first-order valence-corrected chi connectivity index (χ1v) is 7.89. The highest BCUT2D eigenvalue weighted by Crippen LogP contribution is 2.32. The third kappa shape index (κ3) is 2.09. The maximum Gasteiger partial charge on any atom is 0.235 e. The van der Waals surface area contributed by atoms with E-state index in [2.05, 4.69) is 25.5 Å². The lowest BCUT2D eigenvalue weighted by Crippen LogP contribution is -1.92. The zero-order valence-corrected chi connectivity index (χ0v) is 13.5. The van der Waals surface area contributed by atoms with E-state index in [0.29, 0.717) is 26.4 Å². The minimum atomic E-state index is 0.549. The molecule has 0 radical (unpaired) electrons. The number of aromatic nitrogens is 6. The van der Waals surface area contributed by atoms with E-state index in [-0.39, 0.29) is 0 Å². The van der Waals surface area contributed by atoms with Crippen molar-refractivity contribution in [2.75, 3.05) is 0 Å². The van der Waals surface area contributed by atoms with Crippen LogP contribution in [0.3, 0.4) is 0 Å². The Morgan fingerprint density at radius 3 is 2.82 bits per heavy atom. The van der Waals surface area contributed by atoms with Crippen molar-refractivity contribution in [3.8, 4) is 22.0 Å². The molecule has 9 heteroatoms. The van der Waals surface area contributed by atoms with E-state index in [9.17, 15) is 0 Å². The third-order valence-corrected chi connectivity index (χ3v) is 4.72. The van der Waals surface area contributed by atoms with Crippen LogP contribution >= 0.6 is 34.5 Å². The van der Waals surface area contributed by atoms with Gasteiger partial charge in [0, 0.05) is 16.3 Å². The van der Waals surface area contributed by atoms with Gasteiger partial charge >= 0.3 is 0 Å². The number of hydrogen-bond donors (Lipinski definition) is 1. The highest BCUT2D eigenvalue weighted by atomic mass is 35.5. The molecular weight excluding hydrogens is 343 g/mol. The molecule has 0 spiro atoms. The molecule has 0 fully saturated rings. The van der Waals surface area contributed by atoms with Crippen LogP contribution in [-0.4, -0.2) is 30.0 Å². The van der Waals surface area contributed by atoms with E-state index in [4.69, 9.17) is 23.2 Å². The Morgan fingerprint density at radius 2 is 2.05 bits per heavy atom. The maximum absolute atomic E-state index is 6.24. The summed E-state index contributed by atoms with van der Waals surface area (Å²) in [6.07, 6.45) is 1.74. The van der Waals surface area contributed by atoms with E-state index in [1.807, 2.05) is 6.92 Å². The zero-order valence-electron chi connectivity index (χ0n) is 11.2. The molecule has 0 saturated carbocycles. The van der Waals surface area contributed by atoms with Gasteiger partial charge in [-0.3, -0.25) is 5.10 Å². The van der Waals surface area contributed by atoms with Crippen molar-refractivity contribution in [1.29, 1.82) is 0 Å². The minimum absolute atomic E-state index is 0.549. The first-order chi connectivity index (χ1) is 10.6. The summed E-state index contributed by atoms with van der Waals surface area (Å²) in [6.45, 7) is 1.94. The topological polar surface area (TPSA) is 71.8 Å². The summed E-state index contributed by atoms with van der Waals surface area (Å²) in [6, 6.07) is 5.21. The van der Waals surface area contributed by atoms with Crippen LogP contribution in [0.2, 0.25) is 10.0 Å². The first-order valence-electron chi connectivity index (χ1n) is 6.31. The molecule has 110 valence electrons. The lowest BCUT2D eigenvalue weighted by molar-refractivity contribution is 0.970. The quantitative estimate of drug-likeness (QED) is 0.595. The molecule has 0 atom stereocenters. The molecule has 0 saturated heterocycles. The molecule has 4 rings (SSSR count). The number of nitrogens with one attached hydrogen (secondary N) is 1. The summed E-state index contributed by atoms with van der Waals surface area (Å²) in [7, 11) is 0. The van der Waals surface area contributed by atoms with Gasteiger partial charge in [-0.2, -0.15) is 14.7 Å². The molecule has 3 aromatic heterocycles. The van der Waals surface area contributed by atoms with Crippen molar-refractivity contribution in [2.24, 2.45) is 0 Å². The van der Waals surface area contributed by atoms with Crippen LogP contribution in [0.15, 0.2) is 24.4 Å². The Labute approximate surface area is 138 Å². The van der Waals surface area contributed by atoms with Crippen molar-refractivity contribution in [3.05, 3.63) is 40.1 Å². The van der Waals surface area contributed by atoms with E-state index in [0.717, 1.165) is 16.3 Å². The Morgan fingerprint density at radius 1 is 1.18 bits per heavy atom. The van der Waals surface area contributed by atoms with E-state index in [1.165, 1.54) is 11.3 Å². The Balaban J connectivity index is 1.91. The summed E-state index contributed by atoms with van der Waals surface area (Å²) in [5, 5.41) is 21.8. The number of nitrogens with zero attached hydrogens (tertiary/aromatic N) is 5. The second kappa shape index (κ2) is 5.05. The van der Waals surface area contributed by atoms with Crippen LogP contribution in [0.4, 0.5) is 0 Å². The zero-order chi connectivity index (χ0) is 15.3. The molecule has 3 heterocycles. The fraction of sp³-hybridized carbons (Fsp3) is 0.0769. The number of halogens is 2. The normalized spacial score (nSPS) is 11.4. The maximum atomic E-state index is 6.24. The highest BCUT2D eigenvalue weighted by Gasteiger charge is 2.18. The number of aromatic amines is 1. The summed E-state index contributed by atoms with van der Waals surface area (Å²) < 4.78 is 1.67. The molecule has 6 nitrogen and oxygen atoms in total.